The van der Waals surface area contributed by atoms with Gasteiger partial charge in [-0.25, -0.2) is 0 Å². The fourth-order valence-corrected chi connectivity index (χ4v) is 2.99. The first kappa shape index (κ1) is 19.5. The maximum Gasteiger partial charge on any atom is 0.261 e. The maximum absolute atomic E-state index is 12.7. The summed E-state index contributed by atoms with van der Waals surface area (Å²) in [6, 6.07) is 12.4. The van der Waals surface area contributed by atoms with Crippen LogP contribution in [0.15, 0.2) is 42.5 Å². The lowest BCUT2D eigenvalue weighted by atomic mass is 10.1. The predicted molar refractivity (Wildman–Crippen MR) is 105 cm³/mol. The highest BCUT2D eigenvalue weighted by atomic mass is 35.5. The highest BCUT2D eigenvalue weighted by Crippen LogP contribution is 2.29. The summed E-state index contributed by atoms with van der Waals surface area (Å²) in [6.07, 6.45) is 1.99. The van der Waals surface area contributed by atoms with E-state index < -0.39 is 0 Å². The van der Waals surface area contributed by atoms with Gasteiger partial charge in [0, 0.05) is 31.3 Å². The molecule has 1 aliphatic carbocycles. The molecule has 5 nitrogen and oxygen atoms in total. The van der Waals surface area contributed by atoms with Gasteiger partial charge < -0.3 is 15.0 Å². The number of ether oxygens (including phenoxy) is 1. The third kappa shape index (κ3) is 5.15. The van der Waals surface area contributed by atoms with Gasteiger partial charge in [-0.15, -0.1) is 0 Å². The van der Waals surface area contributed by atoms with Crippen molar-refractivity contribution in [2.45, 2.75) is 25.4 Å². The molecule has 1 saturated carbocycles. The Bertz CT molecular complexity index is 836. The predicted octanol–water partition coefficient (Wildman–Crippen LogP) is 3.92. The number of nitrogens with one attached hydrogen (secondary N) is 1. The van der Waals surface area contributed by atoms with Crippen molar-refractivity contribution in [2.24, 2.45) is 0 Å². The van der Waals surface area contributed by atoms with E-state index in [1.165, 1.54) is 0 Å². The highest BCUT2D eigenvalue weighted by Gasteiger charge is 2.32. The number of hydrogen-bond donors (Lipinski definition) is 1. The van der Waals surface area contributed by atoms with E-state index in [-0.39, 0.29) is 24.5 Å². The molecule has 1 fully saturated rings. The minimum atomic E-state index is -0.133. The number of halogens is 2. The Morgan fingerprint density at radius 3 is 2.41 bits per heavy atom. The van der Waals surface area contributed by atoms with Crippen molar-refractivity contribution in [3.63, 3.8) is 0 Å². The van der Waals surface area contributed by atoms with Crippen molar-refractivity contribution < 1.29 is 14.3 Å². The molecule has 0 radical (unpaired) electrons. The van der Waals surface area contributed by atoms with Crippen LogP contribution in [0.4, 0.5) is 0 Å². The third-order valence-corrected chi connectivity index (χ3v) is 5.10. The van der Waals surface area contributed by atoms with E-state index in [1.807, 2.05) is 17.0 Å². The molecule has 1 aliphatic rings. The Morgan fingerprint density at radius 1 is 1.11 bits per heavy atom. The first-order chi connectivity index (χ1) is 13.0. The SMILES string of the molecule is CNC(=O)c1ccc(CN(C(=O)COc2ccc(Cl)c(Cl)c2)C2CC2)cc1. The smallest absolute Gasteiger partial charge is 0.261 e. The third-order valence-electron chi connectivity index (χ3n) is 4.36. The van der Waals surface area contributed by atoms with E-state index in [4.69, 9.17) is 27.9 Å². The summed E-state index contributed by atoms with van der Waals surface area (Å²) >= 11 is 11.9. The number of nitrogens with zero attached hydrogens (tertiary/aromatic N) is 1. The fourth-order valence-electron chi connectivity index (χ4n) is 2.70. The largest absolute Gasteiger partial charge is 0.484 e. The summed E-state index contributed by atoms with van der Waals surface area (Å²) in [7, 11) is 1.59. The second-order valence-electron chi connectivity index (χ2n) is 6.39. The minimum absolute atomic E-state index is 0.0647. The lowest BCUT2D eigenvalue weighted by Gasteiger charge is -2.23. The minimum Gasteiger partial charge on any atom is -0.484 e. The van der Waals surface area contributed by atoms with Crippen LogP contribution in [0.2, 0.25) is 10.0 Å². The lowest BCUT2D eigenvalue weighted by Crippen LogP contribution is -2.36. The zero-order chi connectivity index (χ0) is 19.4. The molecule has 0 aromatic heterocycles. The zero-order valence-electron chi connectivity index (χ0n) is 14.9. The average Bonchev–Trinajstić information content (AvgIpc) is 3.51. The molecule has 0 saturated heterocycles. The second-order valence-corrected chi connectivity index (χ2v) is 7.21. The van der Waals surface area contributed by atoms with Gasteiger partial charge in [-0.05, 0) is 42.7 Å². The lowest BCUT2D eigenvalue weighted by molar-refractivity contribution is -0.134. The summed E-state index contributed by atoms with van der Waals surface area (Å²) < 4.78 is 5.58. The molecular weight excluding hydrogens is 387 g/mol. The van der Waals surface area contributed by atoms with Crippen LogP contribution in [0.3, 0.4) is 0 Å². The van der Waals surface area contributed by atoms with Gasteiger partial charge in [-0.1, -0.05) is 35.3 Å². The van der Waals surface area contributed by atoms with E-state index in [1.54, 1.807) is 37.4 Å². The van der Waals surface area contributed by atoms with Crippen LogP contribution in [-0.4, -0.2) is 36.4 Å². The van der Waals surface area contributed by atoms with Gasteiger partial charge >= 0.3 is 0 Å². The van der Waals surface area contributed by atoms with Crippen LogP contribution in [0, 0.1) is 0 Å². The van der Waals surface area contributed by atoms with Gasteiger partial charge in [0.25, 0.3) is 11.8 Å². The van der Waals surface area contributed by atoms with Crippen molar-refractivity contribution in [2.75, 3.05) is 13.7 Å². The van der Waals surface area contributed by atoms with Crippen molar-refractivity contribution in [3.05, 3.63) is 63.6 Å². The molecule has 3 rings (SSSR count). The van der Waals surface area contributed by atoms with Crippen LogP contribution >= 0.6 is 23.2 Å². The van der Waals surface area contributed by atoms with Gasteiger partial charge in [0.05, 0.1) is 10.0 Å². The van der Waals surface area contributed by atoms with Crippen LogP contribution in [0.5, 0.6) is 5.75 Å². The number of carbonyl (C=O) groups is 2. The Balaban J connectivity index is 1.62. The molecule has 0 bridgehead atoms. The molecule has 1 N–H and O–H groups in total. The molecule has 7 heteroatoms. The van der Waals surface area contributed by atoms with Crippen molar-refractivity contribution in [1.82, 2.24) is 10.2 Å². The Kier molecular flexibility index (Phi) is 6.24. The van der Waals surface area contributed by atoms with E-state index in [0.717, 1.165) is 18.4 Å². The summed E-state index contributed by atoms with van der Waals surface area (Å²) in [5, 5.41) is 3.42. The standard InChI is InChI=1S/C20H20Cl2N2O3/c1-23-20(26)14-4-2-13(3-5-14)11-24(15-6-7-15)19(25)12-27-16-8-9-17(21)18(22)10-16/h2-5,8-10,15H,6-7,11-12H2,1H3,(H,23,26). The van der Waals surface area contributed by atoms with Gasteiger partial charge in [-0.3, -0.25) is 9.59 Å². The molecule has 0 aliphatic heterocycles. The summed E-state index contributed by atoms with van der Waals surface area (Å²) in [6.45, 7) is 0.424. The van der Waals surface area contributed by atoms with Gasteiger partial charge in [0.2, 0.25) is 0 Å². The quantitative estimate of drug-likeness (QED) is 0.757. The Hall–Kier alpha value is -2.24. The molecule has 27 heavy (non-hydrogen) atoms. The topological polar surface area (TPSA) is 58.6 Å². The maximum atomic E-state index is 12.7. The first-order valence-electron chi connectivity index (χ1n) is 8.66. The number of amides is 2. The first-order valence-corrected chi connectivity index (χ1v) is 9.42. The molecule has 2 amide bonds. The molecule has 0 unspecified atom stereocenters. The van der Waals surface area contributed by atoms with E-state index in [9.17, 15) is 9.59 Å². The van der Waals surface area contributed by atoms with Crippen molar-refractivity contribution in [1.29, 1.82) is 0 Å². The summed E-state index contributed by atoms with van der Waals surface area (Å²) in [4.78, 5) is 26.1. The molecule has 142 valence electrons. The number of rotatable bonds is 7. The highest BCUT2D eigenvalue weighted by molar-refractivity contribution is 6.42. The molecule has 0 heterocycles. The number of carbonyl (C=O) groups excluding carboxylic acids is 2. The molecular formula is C20H20Cl2N2O3. The molecule has 2 aromatic rings. The van der Waals surface area contributed by atoms with E-state index >= 15 is 0 Å². The van der Waals surface area contributed by atoms with Gasteiger partial charge in [-0.2, -0.15) is 0 Å². The van der Waals surface area contributed by atoms with Crippen molar-refractivity contribution in [3.8, 4) is 5.75 Å². The van der Waals surface area contributed by atoms with Gasteiger partial charge in [0.15, 0.2) is 6.61 Å². The van der Waals surface area contributed by atoms with Crippen LogP contribution < -0.4 is 10.1 Å². The van der Waals surface area contributed by atoms with E-state index in [2.05, 4.69) is 5.32 Å². The average molecular weight is 407 g/mol. The molecule has 0 spiro atoms. The second kappa shape index (κ2) is 8.63. The fraction of sp³-hybridized carbons (Fsp3) is 0.300. The molecule has 0 atom stereocenters. The molecule has 2 aromatic carbocycles. The van der Waals surface area contributed by atoms with E-state index in [0.29, 0.717) is 27.9 Å². The zero-order valence-corrected chi connectivity index (χ0v) is 16.4. The Morgan fingerprint density at radius 2 is 1.81 bits per heavy atom. The van der Waals surface area contributed by atoms with Gasteiger partial charge in [0.1, 0.15) is 5.75 Å². The van der Waals surface area contributed by atoms with Crippen LogP contribution in [-0.2, 0) is 11.3 Å². The Labute approximate surface area is 168 Å². The van der Waals surface area contributed by atoms with Crippen molar-refractivity contribution >= 4 is 35.0 Å². The van der Waals surface area contributed by atoms with Crippen LogP contribution in [0.1, 0.15) is 28.8 Å². The summed E-state index contributed by atoms with van der Waals surface area (Å²) in [5.74, 6) is 0.286. The normalized spacial score (nSPS) is 13.1. The monoisotopic (exact) mass is 406 g/mol. The number of hydrogen-bond acceptors (Lipinski definition) is 3. The van der Waals surface area contributed by atoms with Crippen LogP contribution in [0.25, 0.3) is 0 Å². The summed E-state index contributed by atoms with van der Waals surface area (Å²) in [5.41, 5.74) is 1.56. The number of benzene rings is 2.